The van der Waals surface area contributed by atoms with E-state index in [0.29, 0.717) is 12.8 Å². The molecule has 264 valence electrons. The minimum atomic E-state index is -1.81. The summed E-state index contributed by atoms with van der Waals surface area (Å²) >= 11 is 0. The SMILES string of the molecule is CC1(C(=O)O)CC(=O)C2(C)CCC3(C)C(=CCC4C5(C)CCC(OC6OC(C(=O)O)C(O)C(O)C6O)C(C)(CO)C5CCC43C)C2C1. The Labute approximate surface area is 276 Å². The number of carboxylic acid groups (broad SMARTS) is 2. The first-order valence-electron chi connectivity index (χ1n) is 17.4. The van der Waals surface area contributed by atoms with Gasteiger partial charge in [-0.1, -0.05) is 46.3 Å². The molecule has 11 heteroatoms. The number of fused-ring (bicyclic) bond motifs is 7. The molecule has 5 fully saturated rings. The van der Waals surface area contributed by atoms with Crippen molar-refractivity contribution < 1.29 is 54.5 Å². The van der Waals surface area contributed by atoms with Crippen molar-refractivity contribution in [1.82, 2.24) is 0 Å². The molecule has 0 aromatic heterocycles. The van der Waals surface area contributed by atoms with E-state index in [2.05, 4.69) is 26.8 Å². The fraction of sp³-hybridized carbons (Fsp3) is 0.861. The molecule has 1 aliphatic heterocycles. The van der Waals surface area contributed by atoms with Crippen molar-refractivity contribution in [3.63, 3.8) is 0 Å². The lowest BCUT2D eigenvalue weighted by Crippen LogP contribution is -2.67. The van der Waals surface area contributed by atoms with Gasteiger partial charge < -0.3 is 40.1 Å². The minimum absolute atomic E-state index is 0.0160. The summed E-state index contributed by atoms with van der Waals surface area (Å²) in [5.41, 5.74) is -1.73. The highest BCUT2D eigenvalue weighted by Gasteiger charge is 2.70. The van der Waals surface area contributed by atoms with Gasteiger partial charge in [0, 0.05) is 17.3 Å². The fourth-order valence-corrected chi connectivity index (χ4v) is 12.0. The van der Waals surface area contributed by atoms with Gasteiger partial charge in [-0.3, -0.25) is 9.59 Å². The zero-order valence-corrected chi connectivity index (χ0v) is 28.6. The molecule has 5 aliphatic carbocycles. The number of carboxylic acids is 2. The number of ketones is 1. The van der Waals surface area contributed by atoms with Crippen LogP contribution in [0.5, 0.6) is 0 Å². The lowest BCUT2D eigenvalue weighted by molar-refractivity contribution is -0.327. The van der Waals surface area contributed by atoms with Crippen molar-refractivity contribution in [2.45, 2.75) is 136 Å². The Hall–Kier alpha value is -1.89. The van der Waals surface area contributed by atoms with E-state index in [1.54, 1.807) is 6.92 Å². The van der Waals surface area contributed by atoms with Crippen LogP contribution in [0.3, 0.4) is 0 Å². The van der Waals surface area contributed by atoms with Gasteiger partial charge in [0.15, 0.2) is 12.4 Å². The molecule has 0 amide bonds. The first kappa shape index (κ1) is 35.0. The molecular weight excluding hydrogens is 608 g/mol. The maximum atomic E-state index is 13.6. The predicted octanol–water partition coefficient (Wildman–Crippen LogP) is 3.30. The number of aliphatic hydroxyl groups is 4. The van der Waals surface area contributed by atoms with E-state index in [1.165, 1.54) is 5.57 Å². The number of allylic oxidation sites excluding steroid dienone is 2. The van der Waals surface area contributed by atoms with E-state index in [1.807, 2.05) is 13.8 Å². The molecule has 0 spiro atoms. The number of ether oxygens (including phenoxy) is 2. The molecule has 47 heavy (non-hydrogen) atoms. The average Bonchev–Trinajstić information content (AvgIpc) is 3.00. The molecule has 0 radical (unpaired) electrons. The fourth-order valence-electron chi connectivity index (χ4n) is 12.0. The van der Waals surface area contributed by atoms with Gasteiger partial charge in [0.25, 0.3) is 0 Å². The maximum Gasteiger partial charge on any atom is 0.335 e. The van der Waals surface area contributed by atoms with Crippen LogP contribution in [0.1, 0.15) is 99.3 Å². The van der Waals surface area contributed by atoms with Gasteiger partial charge in [0.2, 0.25) is 0 Å². The molecule has 1 saturated heterocycles. The highest BCUT2D eigenvalue weighted by atomic mass is 16.7. The van der Waals surface area contributed by atoms with E-state index in [9.17, 15) is 45.0 Å². The molecule has 15 unspecified atom stereocenters. The van der Waals surface area contributed by atoms with E-state index < -0.39 is 65.0 Å². The van der Waals surface area contributed by atoms with Crippen LogP contribution in [0.2, 0.25) is 0 Å². The number of hydrogen-bond acceptors (Lipinski definition) is 9. The Bertz CT molecular complexity index is 1360. The summed E-state index contributed by atoms with van der Waals surface area (Å²) in [6.45, 7) is 12.6. The molecule has 15 atom stereocenters. The van der Waals surface area contributed by atoms with Gasteiger partial charge in [-0.15, -0.1) is 0 Å². The third-order valence-corrected chi connectivity index (χ3v) is 15.4. The van der Waals surface area contributed by atoms with Crippen molar-refractivity contribution in [2.75, 3.05) is 6.61 Å². The lowest BCUT2D eigenvalue weighted by Gasteiger charge is -2.71. The van der Waals surface area contributed by atoms with Crippen LogP contribution in [0.4, 0.5) is 0 Å². The van der Waals surface area contributed by atoms with Gasteiger partial charge in [0.1, 0.15) is 24.1 Å². The minimum Gasteiger partial charge on any atom is -0.481 e. The van der Waals surface area contributed by atoms with E-state index in [0.717, 1.165) is 38.5 Å². The van der Waals surface area contributed by atoms with Crippen molar-refractivity contribution in [2.24, 2.45) is 50.2 Å². The van der Waals surface area contributed by atoms with Crippen LogP contribution in [0.25, 0.3) is 0 Å². The Morgan fingerprint density at radius 2 is 1.60 bits per heavy atom. The van der Waals surface area contributed by atoms with Crippen molar-refractivity contribution in [3.05, 3.63) is 11.6 Å². The summed E-state index contributed by atoms with van der Waals surface area (Å²) in [7, 11) is 0. The van der Waals surface area contributed by atoms with Gasteiger partial charge in [-0.05, 0) is 92.3 Å². The summed E-state index contributed by atoms with van der Waals surface area (Å²) in [6, 6.07) is 0. The average molecular weight is 663 g/mol. The third kappa shape index (κ3) is 4.62. The highest BCUT2D eigenvalue weighted by molar-refractivity contribution is 5.92. The molecule has 6 N–H and O–H groups in total. The zero-order valence-electron chi connectivity index (χ0n) is 28.6. The van der Waals surface area contributed by atoms with Gasteiger partial charge in [0.05, 0.1) is 18.1 Å². The molecule has 11 nitrogen and oxygen atoms in total. The predicted molar refractivity (Wildman–Crippen MR) is 168 cm³/mol. The Kier molecular flexibility index (Phi) is 8.22. The van der Waals surface area contributed by atoms with Gasteiger partial charge >= 0.3 is 11.9 Å². The number of rotatable bonds is 5. The van der Waals surface area contributed by atoms with Crippen molar-refractivity contribution in [1.29, 1.82) is 0 Å². The van der Waals surface area contributed by atoms with Crippen LogP contribution < -0.4 is 0 Å². The molecule has 6 aliphatic rings. The van der Waals surface area contributed by atoms with Crippen molar-refractivity contribution in [3.8, 4) is 0 Å². The molecular formula is C36H54O11. The normalized spacial score (nSPS) is 54.3. The van der Waals surface area contributed by atoms with Crippen LogP contribution in [0.15, 0.2) is 11.6 Å². The smallest absolute Gasteiger partial charge is 0.335 e. The second-order valence-electron chi connectivity index (χ2n) is 17.5. The maximum absolute atomic E-state index is 13.6. The van der Waals surface area contributed by atoms with Crippen molar-refractivity contribution >= 4 is 17.7 Å². The van der Waals surface area contributed by atoms with Crippen LogP contribution >= 0.6 is 0 Å². The highest BCUT2D eigenvalue weighted by Crippen LogP contribution is 2.75. The third-order valence-electron chi connectivity index (χ3n) is 15.4. The first-order chi connectivity index (χ1) is 21.7. The van der Waals surface area contributed by atoms with Crippen LogP contribution in [-0.2, 0) is 23.9 Å². The summed E-state index contributed by atoms with van der Waals surface area (Å²) in [5, 5.41) is 61.9. The molecule has 0 aromatic rings. The van der Waals surface area contributed by atoms with E-state index in [4.69, 9.17) is 9.47 Å². The lowest BCUT2D eigenvalue weighted by atomic mass is 9.33. The number of Topliss-reactive ketones (excluding diaryl/α,β-unsaturated/α-hetero) is 1. The van der Waals surface area contributed by atoms with Crippen LogP contribution in [-0.4, -0.2) is 91.8 Å². The van der Waals surface area contributed by atoms with E-state index >= 15 is 0 Å². The summed E-state index contributed by atoms with van der Waals surface area (Å²) in [5.74, 6) is -2.19. The number of hydrogen-bond donors (Lipinski definition) is 6. The molecule has 0 aromatic carbocycles. The second-order valence-corrected chi connectivity index (χ2v) is 17.5. The number of carbonyl (C=O) groups excluding carboxylic acids is 1. The Balaban J connectivity index is 1.31. The Morgan fingerprint density at radius 3 is 2.21 bits per heavy atom. The standard InChI is InChI=1S/C36H54O11/c1-31(30(44)45)15-19-18-7-8-21-33(3)11-10-23(46-29-26(41)24(39)25(40)27(47-29)28(42)43)34(4,17-37)20(33)9-12-36(21,6)35(18,5)14-13-32(19,2)22(38)16-31/h7,19-21,23-27,29,37,39-41H,8-17H2,1-6H3,(H,42,43)(H,44,45). The van der Waals surface area contributed by atoms with Gasteiger partial charge in [-0.25, -0.2) is 4.79 Å². The summed E-state index contributed by atoms with van der Waals surface area (Å²) < 4.78 is 11.7. The largest absolute Gasteiger partial charge is 0.481 e. The second kappa shape index (κ2) is 11.1. The molecule has 6 rings (SSSR count). The molecule has 1 heterocycles. The number of aliphatic hydroxyl groups excluding tert-OH is 4. The first-order valence-corrected chi connectivity index (χ1v) is 17.4. The topological polar surface area (TPSA) is 191 Å². The number of aliphatic carboxylic acids is 2. The zero-order chi connectivity index (χ0) is 34.7. The van der Waals surface area contributed by atoms with Crippen LogP contribution in [0, 0.1) is 50.2 Å². The molecule has 4 saturated carbocycles. The number of carbonyl (C=O) groups is 3. The monoisotopic (exact) mass is 662 g/mol. The Morgan fingerprint density at radius 1 is 0.915 bits per heavy atom. The van der Waals surface area contributed by atoms with Gasteiger partial charge in [-0.2, -0.15) is 0 Å². The van der Waals surface area contributed by atoms with E-state index in [-0.39, 0.29) is 52.8 Å². The quantitative estimate of drug-likeness (QED) is 0.187. The summed E-state index contributed by atoms with van der Waals surface area (Å²) in [4.78, 5) is 37.7. The molecule has 0 bridgehead atoms. The summed E-state index contributed by atoms with van der Waals surface area (Å²) in [6.07, 6.45) is -0.933.